The molecule has 8 heteroatoms. The Labute approximate surface area is 171 Å². The summed E-state index contributed by atoms with van der Waals surface area (Å²) in [6, 6.07) is 10.7. The van der Waals surface area contributed by atoms with Gasteiger partial charge in [-0.1, -0.05) is 15.9 Å². The summed E-state index contributed by atoms with van der Waals surface area (Å²) in [7, 11) is -3.86. The third kappa shape index (κ3) is 3.84. The second-order valence-electron chi connectivity index (χ2n) is 6.98. The number of benzene rings is 2. The molecule has 3 rings (SSSR count). The molecule has 2 aromatic carbocycles. The van der Waals surface area contributed by atoms with Crippen molar-refractivity contribution in [2.75, 3.05) is 6.54 Å². The van der Waals surface area contributed by atoms with Gasteiger partial charge in [0.15, 0.2) is 9.84 Å². The van der Waals surface area contributed by atoms with Crippen LogP contribution in [0, 0.1) is 5.82 Å². The molecule has 148 valence electrons. The van der Waals surface area contributed by atoms with E-state index in [1.165, 1.54) is 38.1 Å². The monoisotopic (exact) mass is 466 g/mol. The fourth-order valence-corrected chi connectivity index (χ4v) is 4.58. The van der Waals surface area contributed by atoms with Gasteiger partial charge in [-0.25, -0.2) is 12.8 Å². The van der Waals surface area contributed by atoms with Crippen LogP contribution in [0.5, 0.6) is 0 Å². The normalized spacial score (nSPS) is 12.3. The molecule has 0 atom stereocenters. The third-order valence-corrected chi connectivity index (χ3v) is 7.70. The number of sulfone groups is 1. The van der Waals surface area contributed by atoms with Gasteiger partial charge in [-0.15, -0.1) is 0 Å². The number of aromatic nitrogens is 1. The Kier molecular flexibility index (Phi) is 5.63. The summed E-state index contributed by atoms with van der Waals surface area (Å²) in [4.78, 5) is 15.7. The molecular weight excluding hydrogens is 447 g/mol. The predicted octanol–water partition coefficient (Wildman–Crippen LogP) is 3.98. The first-order chi connectivity index (χ1) is 13.1. The second-order valence-corrected chi connectivity index (χ2v) is 10.4. The highest BCUT2D eigenvalue weighted by Crippen LogP contribution is 2.27. The van der Waals surface area contributed by atoms with E-state index in [1.54, 1.807) is 24.4 Å². The van der Waals surface area contributed by atoms with Gasteiger partial charge < -0.3 is 10.3 Å². The minimum absolute atomic E-state index is 0.0921. The quantitative estimate of drug-likeness (QED) is 0.576. The number of rotatable bonds is 6. The van der Waals surface area contributed by atoms with E-state index in [4.69, 9.17) is 0 Å². The van der Waals surface area contributed by atoms with Crippen LogP contribution in [-0.2, 0) is 21.1 Å². The van der Waals surface area contributed by atoms with E-state index in [9.17, 15) is 17.6 Å². The van der Waals surface area contributed by atoms with Gasteiger partial charge in [0.05, 0.1) is 4.90 Å². The summed E-state index contributed by atoms with van der Waals surface area (Å²) in [6.07, 6.45) is 2.26. The second kappa shape index (κ2) is 7.67. The van der Waals surface area contributed by atoms with Crippen LogP contribution < -0.4 is 5.32 Å². The Morgan fingerprint density at radius 1 is 1.18 bits per heavy atom. The van der Waals surface area contributed by atoms with Crippen molar-refractivity contribution >= 4 is 42.6 Å². The molecule has 0 aliphatic rings. The molecule has 0 aliphatic carbocycles. The molecule has 0 unspecified atom stereocenters. The average molecular weight is 467 g/mol. The fourth-order valence-electron chi connectivity index (χ4n) is 2.92. The van der Waals surface area contributed by atoms with Gasteiger partial charge >= 0.3 is 0 Å². The van der Waals surface area contributed by atoms with E-state index in [0.29, 0.717) is 11.9 Å². The molecule has 0 bridgehead atoms. The molecule has 0 aliphatic heterocycles. The summed E-state index contributed by atoms with van der Waals surface area (Å²) in [5, 5.41) is 3.58. The molecular formula is C20H20BrFN2O3S. The highest BCUT2D eigenvalue weighted by atomic mass is 79.9. The Morgan fingerprint density at radius 2 is 1.86 bits per heavy atom. The molecule has 2 N–H and O–H groups in total. The summed E-state index contributed by atoms with van der Waals surface area (Å²) < 4.78 is 38.2. The van der Waals surface area contributed by atoms with E-state index >= 15 is 0 Å². The lowest BCUT2D eigenvalue weighted by Gasteiger charge is -2.24. The third-order valence-electron chi connectivity index (χ3n) is 4.75. The predicted molar refractivity (Wildman–Crippen MR) is 110 cm³/mol. The molecule has 0 saturated carbocycles. The lowest BCUT2D eigenvalue weighted by Crippen LogP contribution is -2.48. The Balaban J connectivity index is 1.70. The highest BCUT2D eigenvalue weighted by Gasteiger charge is 2.42. The minimum Gasteiger partial charge on any atom is -0.361 e. The van der Waals surface area contributed by atoms with Crippen LogP contribution >= 0.6 is 15.9 Å². The van der Waals surface area contributed by atoms with E-state index < -0.39 is 20.5 Å². The first-order valence-electron chi connectivity index (χ1n) is 8.67. The summed E-state index contributed by atoms with van der Waals surface area (Å²) in [5.41, 5.74) is 1.60. The van der Waals surface area contributed by atoms with Gasteiger partial charge in [-0.05, 0) is 68.3 Å². The van der Waals surface area contributed by atoms with Crippen LogP contribution in [0.15, 0.2) is 58.0 Å². The van der Waals surface area contributed by atoms with Gasteiger partial charge in [0.1, 0.15) is 10.6 Å². The number of carbonyl (C=O) groups is 1. The van der Waals surface area contributed by atoms with Crippen molar-refractivity contribution < 1.29 is 17.6 Å². The molecule has 5 nitrogen and oxygen atoms in total. The van der Waals surface area contributed by atoms with Gasteiger partial charge in [0.2, 0.25) is 5.91 Å². The fraction of sp³-hybridized carbons (Fsp3) is 0.250. The first kappa shape index (κ1) is 20.5. The summed E-state index contributed by atoms with van der Waals surface area (Å²) in [5.74, 6) is -0.893. The van der Waals surface area contributed by atoms with Crippen LogP contribution in [0.2, 0.25) is 0 Å². The average Bonchev–Trinajstić information content (AvgIpc) is 3.03. The standard InChI is InChI=1S/C20H20BrFN2O3S/c1-20(2,28(26,27)16-6-3-14(21)4-7-16)19(25)23-10-9-13-12-24-18-11-15(22)5-8-17(13)18/h3-8,11-12,24H,9-10H2,1-2H3,(H,23,25). The SMILES string of the molecule is CC(C)(C(=O)NCCc1c[nH]c2cc(F)ccc12)S(=O)(=O)c1ccc(Br)cc1. The molecule has 1 aromatic heterocycles. The number of hydrogen-bond donors (Lipinski definition) is 2. The molecule has 3 aromatic rings. The lowest BCUT2D eigenvalue weighted by atomic mass is 10.1. The molecule has 28 heavy (non-hydrogen) atoms. The zero-order valence-electron chi connectivity index (χ0n) is 15.4. The lowest BCUT2D eigenvalue weighted by molar-refractivity contribution is -0.122. The molecule has 0 radical (unpaired) electrons. The Hall–Kier alpha value is -2.19. The van der Waals surface area contributed by atoms with Crippen LogP contribution in [-0.4, -0.2) is 30.6 Å². The van der Waals surface area contributed by atoms with Crippen molar-refractivity contribution in [3.63, 3.8) is 0 Å². The van der Waals surface area contributed by atoms with Crippen LogP contribution in [0.1, 0.15) is 19.4 Å². The van der Waals surface area contributed by atoms with Crippen molar-refractivity contribution in [2.45, 2.75) is 29.9 Å². The number of carbonyl (C=O) groups excluding carboxylic acids is 1. The number of H-pyrrole nitrogens is 1. The molecule has 1 amide bonds. The number of fused-ring (bicyclic) bond motifs is 1. The number of halogens is 2. The maximum Gasteiger partial charge on any atom is 0.241 e. The largest absolute Gasteiger partial charge is 0.361 e. The number of amides is 1. The first-order valence-corrected chi connectivity index (χ1v) is 10.9. The highest BCUT2D eigenvalue weighted by molar-refractivity contribution is 9.10. The van der Waals surface area contributed by atoms with E-state index in [1.807, 2.05) is 0 Å². The van der Waals surface area contributed by atoms with Crippen molar-refractivity contribution in [2.24, 2.45) is 0 Å². The molecule has 0 saturated heterocycles. The topological polar surface area (TPSA) is 79.0 Å². The molecule has 1 heterocycles. The van der Waals surface area contributed by atoms with Crippen LogP contribution in [0.25, 0.3) is 10.9 Å². The van der Waals surface area contributed by atoms with Gasteiger partial charge in [0, 0.05) is 28.1 Å². The minimum atomic E-state index is -3.86. The van der Waals surface area contributed by atoms with Crippen LogP contribution in [0.3, 0.4) is 0 Å². The van der Waals surface area contributed by atoms with Crippen molar-refractivity contribution in [3.8, 4) is 0 Å². The maximum absolute atomic E-state index is 13.3. The van der Waals surface area contributed by atoms with Crippen molar-refractivity contribution in [1.82, 2.24) is 10.3 Å². The van der Waals surface area contributed by atoms with Crippen molar-refractivity contribution in [1.29, 1.82) is 0 Å². The smallest absolute Gasteiger partial charge is 0.241 e. The summed E-state index contributed by atoms with van der Waals surface area (Å²) in [6.45, 7) is 3.06. The zero-order chi connectivity index (χ0) is 20.5. The van der Waals surface area contributed by atoms with Gasteiger partial charge in [-0.2, -0.15) is 0 Å². The molecule has 0 spiro atoms. The number of nitrogens with one attached hydrogen (secondary N) is 2. The zero-order valence-corrected chi connectivity index (χ0v) is 17.8. The van der Waals surface area contributed by atoms with Crippen molar-refractivity contribution in [3.05, 3.63) is 64.5 Å². The number of aromatic amines is 1. The number of hydrogen-bond acceptors (Lipinski definition) is 3. The van der Waals surface area contributed by atoms with E-state index in [-0.39, 0.29) is 17.3 Å². The van der Waals surface area contributed by atoms with Gasteiger partial charge in [-0.3, -0.25) is 4.79 Å². The van der Waals surface area contributed by atoms with E-state index in [2.05, 4.69) is 26.2 Å². The van der Waals surface area contributed by atoms with Crippen LogP contribution in [0.4, 0.5) is 4.39 Å². The Morgan fingerprint density at radius 3 is 2.54 bits per heavy atom. The van der Waals surface area contributed by atoms with E-state index in [0.717, 1.165) is 15.4 Å². The summed E-state index contributed by atoms with van der Waals surface area (Å²) >= 11 is 3.27. The Bertz CT molecular complexity index is 1120. The van der Waals surface area contributed by atoms with Gasteiger partial charge in [0.25, 0.3) is 0 Å². The molecule has 0 fully saturated rings. The maximum atomic E-state index is 13.3.